The van der Waals surface area contributed by atoms with Gasteiger partial charge < -0.3 is 10.0 Å². The number of nitrogens with zero attached hydrogens (tertiary/aromatic N) is 2. The van der Waals surface area contributed by atoms with Crippen molar-refractivity contribution in [3.05, 3.63) is 29.3 Å². The van der Waals surface area contributed by atoms with Crippen LogP contribution >= 0.6 is 0 Å². The van der Waals surface area contributed by atoms with Crippen LogP contribution in [0.3, 0.4) is 0 Å². The van der Waals surface area contributed by atoms with Crippen molar-refractivity contribution in [2.24, 2.45) is 0 Å². The zero-order valence-corrected chi connectivity index (χ0v) is 12.6. The van der Waals surface area contributed by atoms with Gasteiger partial charge in [-0.3, -0.25) is 9.69 Å². The van der Waals surface area contributed by atoms with Crippen molar-refractivity contribution in [2.45, 2.75) is 32.7 Å². The summed E-state index contributed by atoms with van der Waals surface area (Å²) in [5.41, 5.74) is 1.90. The monoisotopic (exact) mass is 276 g/mol. The van der Waals surface area contributed by atoms with Crippen molar-refractivity contribution in [3.8, 4) is 5.75 Å². The van der Waals surface area contributed by atoms with Crippen molar-refractivity contribution in [2.75, 3.05) is 26.7 Å². The largest absolute Gasteiger partial charge is 0.508 e. The molecule has 1 saturated heterocycles. The lowest BCUT2D eigenvalue weighted by atomic mass is 10.0. The number of aromatic hydroxyl groups is 1. The Balaban J connectivity index is 2.00. The highest BCUT2D eigenvalue weighted by atomic mass is 16.3. The Morgan fingerprint density at radius 1 is 1.40 bits per heavy atom. The summed E-state index contributed by atoms with van der Waals surface area (Å²) in [5, 5.41) is 10.0. The molecular formula is C16H24N2O2. The maximum atomic E-state index is 12.2. The topological polar surface area (TPSA) is 43.8 Å². The highest BCUT2D eigenvalue weighted by Gasteiger charge is 2.22. The molecular weight excluding hydrogens is 252 g/mol. The van der Waals surface area contributed by atoms with Crippen LogP contribution in [-0.4, -0.2) is 47.5 Å². The second-order valence-corrected chi connectivity index (χ2v) is 5.74. The SMILES string of the molecule is Cc1ccc(C(C)N(C)CC(=O)N2CCCC2)c(O)c1. The minimum atomic E-state index is 0.0159. The van der Waals surface area contributed by atoms with E-state index in [4.69, 9.17) is 0 Å². The van der Waals surface area contributed by atoms with Crippen LogP contribution in [0.15, 0.2) is 18.2 Å². The maximum Gasteiger partial charge on any atom is 0.236 e. The quantitative estimate of drug-likeness (QED) is 0.918. The van der Waals surface area contributed by atoms with Gasteiger partial charge in [0.2, 0.25) is 5.91 Å². The van der Waals surface area contributed by atoms with Crippen molar-refractivity contribution in [3.63, 3.8) is 0 Å². The minimum Gasteiger partial charge on any atom is -0.508 e. The van der Waals surface area contributed by atoms with Crippen molar-refractivity contribution in [1.82, 2.24) is 9.80 Å². The molecule has 0 aliphatic carbocycles. The normalized spacial score (nSPS) is 16.7. The number of rotatable bonds is 4. The molecule has 1 aromatic carbocycles. The fourth-order valence-electron chi connectivity index (χ4n) is 2.66. The molecule has 0 aromatic heterocycles. The van der Waals surface area contributed by atoms with Gasteiger partial charge in [-0.25, -0.2) is 0 Å². The van der Waals surface area contributed by atoms with Gasteiger partial charge in [0.1, 0.15) is 5.75 Å². The second-order valence-electron chi connectivity index (χ2n) is 5.74. The van der Waals surface area contributed by atoms with Crippen LogP contribution in [-0.2, 0) is 4.79 Å². The number of carbonyl (C=O) groups is 1. The summed E-state index contributed by atoms with van der Waals surface area (Å²) in [6.45, 7) is 6.14. The fraction of sp³-hybridized carbons (Fsp3) is 0.562. The molecule has 1 aromatic rings. The number of phenols is 1. The zero-order valence-electron chi connectivity index (χ0n) is 12.6. The average molecular weight is 276 g/mol. The molecule has 4 nitrogen and oxygen atoms in total. The van der Waals surface area contributed by atoms with Crippen LogP contribution in [0.25, 0.3) is 0 Å². The Hall–Kier alpha value is -1.55. The molecule has 2 rings (SSSR count). The Labute approximate surface area is 121 Å². The third-order valence-corrected chi connectivity index (χ3v) is 4.14. The Bertz CT molecular complexity index is 481. The summed E-state index contributed by atoms with van der Waals surface area (Å²) in [5.74, 6) is 0.487. The van der Waals surface area contributed by atoms with Crippen LogP contribution in [0.2, 0.25) is 0 Å². The van der Waals surface area contributed by atoms with Gasteiger partial charge in [0.25, 0.3) is 0 Å². The van der Waals surface area contributed by atoms with E-state index in [0.717, 1.165) is 37.1 Å². The molecule has 1 atom stereocenters. The predicted molar refractivity (Wildman–Crippen MR) is 79.7 cm³/mol. The van der Waals surface area contributed by atoms with E-state index < -0.39 is 0 Å². The van der Waals surface area contributed by atoms with Gasteiger partial charge in [-0.1, -0.05) is 12.1 Å². The third kappa shape index (κ3) is 3.31. The molecule has 0 bridgehead atoms. The Morgan fingerprint density at radius 2 is 2.05 bits per heavy atom. The van der Waals surface area contributed by atoms with E-state index in [-0.39, 0.29) is 11.9 Å². The zero-order chi connectivity index (χ0) is 14.7. The molecule has 1 N–H and O–H groups in total. The van der Waals surface area contributed by atoms with Crippen molar-refractivity contribution in [1.29, 1.82) is 0 Å². The molecule has 1 fully saturated rings. The molecule has 1 aliphatic rings. The Kier molecular flexibility index (Phi) is 4.65. The first-order chi connectivity index (χ1) is 9.49. The van der Waals surface area contributed by atoms with E-state index >= 15 is 0 Å². The van der Waals surface area contributed by atoms with Gasteiger partial charge >= 0.3 is 0 Å². The number of hydrogen-bond acceptors (Lipinski definition) is 3. The summed E-state index contributed by atoms with van der Waals surface area (Å²) in [6, 6.07) is 5.71. The molecule has 1 unspecified atom stereocenters. The number of likely N-dealkylation sites (N-methyl/N-ethyl adjacent to an activating group) is 1. The summed E-state index contributed by atoms with van der Waals surface area (Å²) in [7, 11) is 1.93. The molecule has 1 amide bonds. The molecule has 0 spiro atoms. The number of carbonyl (C=O) groups excluding carboxylic acids is 1. The summed E-state index contributed by atoms with van der Waals surface area (Å²) in [6.07, 6.45) is 2.23. The van der Waals surface area contributed by atoms with E-state index in [0.29, 0.717) is 12.3 Å². The average Bonchev–Trinajstić information content (AvgIpc) is 2.91. The molecule has 0 saturated carbocycles. The van der Waals surface area contributed by atoms with E-state index in [9.17, 15) is 9.90 Å². The molecule has 20 heavy (non-hydrogen) atoms. The third-order valence-electron chi connectivity index (χ3n) is 4.14. The van der Waals surface area contributed by atoms with Gasteiger partial charge in [0.05, 0.1) is 6.54 Å². The lowest BCUT2D eigenvalue weighted by molar-refractivity contribution is -0.131. The van der Waals surface area contributed by atoms with E-state index in [1.54, 1.807) is 6.07 Å². The van der Waals surface area contributed by atoms with Crippen LogP contribution in [0.1, 0.15) is 36.9 Å². The maximum absolute atomic E-state index is 12.2. The molecule has 1 heterocycles. The van der Waals surface area contributed by atoms with Gasteiger partial charge in [0, 0.05) is 24.7 Å². The van der Waals surface area contributed by atoms with Gasteiger partial charge in [-0.05, 0) is 45.4 Å². The Morgan fingerprint density at radius 3 is 2.65 bits per heavy atom. The minimum absolute atomic E-state index is 0.0159. The second kappa shape index (κ2) is 6.27. The van der Waals surface area contributed by atoms with Gasteiger partial charge in [-0.15, -0.1) is 0 Å². The predicted octanol–water partition coefficient (Wildman–Crippen LogP) is 2.32. The number of phenolic OH excluding ortho intramolecular Hbond substituents is 1. The van der Waals surface area contributed by atoms with E-state index in [1.807, 2.05) is 42.8 Å². The van der Waals surface area contributed by atoms with Gasteiger partial charge in [-0.2, -0.15) is 0 Å². The first kappa shape index (κ1) is 14.9. The van der Waals surface area contributed by atoms with Crippen LogP contribution in [0.4, 0.5) is 0 Å². The number of aryl methyl sites for hydroxylation is 1. The van der Waals surface area contributed by atoms with E-state index in [2.05, 4.69) is 0 Å². The number of benzene rings is 1. The first-order valence-corrected chi connectivity index (χ1v) is 7.26. The summed E-state index contributed by atoms with van der Waals surface area (Å²) < 4.78 is 0. The van der Waals surface area contributed by atoms with E-state index in [1.165, 1.54) is 0 Å². The molecule has 1 aliphatic heterocycles. The first-order valence-electron chi connectivity index (χ1n) is 7.26. The summed E-state index contributed by atoms with van der Waals surface area (Å²) >= 11 is 0. The molecule has 4 heteroatoms. The van der Waals surface area contributed by atoms with Crippen LogP contribution in [0.5, 0.6) is 5.75 Å². The highest BCUT2D eigenvalue weighted by Crippen LogP contribution is 2.28. The number of likely N-dealkylation sites (tertiary alicyclic amines) is 1. The van der Waals surface area contributed by atoms with Crippen molar-refractivity contribution < 1.29 is 9.90 Å². The van der Waals surface area contributed by atoms with Gasteiger partial charge in [0.15, 0.2) is 0 Å². The van der Waals surface area contributed by atoms with Crippen LogP contribution in [0, 0.1) is 6.92 Å². The smallest absolute Gasteiger partial charge is 0.236 e. The molecule has 110 valence electrons. The highest BCUT2D eigenvalue weighted by molar-refractivity contribution is 5.78. The lowest BCUT2D eigenvalue weighted by Gasteiger charge is -2.27. The summed E-state index contributed by atoms with van der Waals surface area (Å²) in [4.78, 5) is 16.1. The number of hydrogen-bond donors (Lipinski definition) is 1. The number of amides is 1. The lowest BCUT2D eigenvalue weighted by Crippen LogP contribution is -2.38. The van der Waals surface area contributed by atoms with Crippen LogP contribution < -0.4 is 0 Å². The molecule has 0 radical (unpaired) electrons. The van der Waals surface area contributed by atoms with Crippen molar-refractivity contribution >= 4 is 5.91 Å². The fourth-order valence-corrected chi connectivity index (χ4v) is 2.66. The standard InChI is InChI=1S/C16H24N2O2/c1-12-6-7-14(15(19)10-12)13(2)17(3)11-16(20)18-8-4-5-9-18/h6-7,10,13,19H,4-5,8-9,11H2,1-3H3.